The summed E-state index contributed by atoms with van der Waals surface area (Å²) < 4.78 is 5.25. The first-order valence-electron chi connectivity index (χ1n) is 6.31. The number of hydrogen-bond acceptors (Lipinski definition) is 3. The summed E-state index contributed by atoms with van der Waals surface area (Å²) in [7, 11) is 1.66. The van der Waals surface area contributed by atoms with Gasteiger partial charge in [0.2, 0.25) is 0 Å². The Kier molecular flexibility index (Phi) is 4.42. The van der Waals surface area contributed by atoms with Gasteiger partial charge in [-0.3, -0.25) is 0 Å². The van der Waals surface area contributed by atoms with Gasteiger partial charge in [-0.1, -0.05) is 30.3 Å². The van der Waals surface area contributed by atoms with Crippen molar-refractivity contribution in [1.82, 2.24) is 0 Å². The molecule has 0 amide bonds. The van der Waals surface area contributed by atoms with Gasteiger partial charge in [0.1, 0.15) is 5.75 Å². The van der Waals surface area contributed by atoms with Gasteiger partial charge in [0, 0.05) is 5.69 Å². The maximum Gasteiger partial charge on any atom is 0.121 e. The normalized spacial score (nSPS) is 11.9. The summed E-state index contributed by atoms with van der Waals surface area (Å²) in [6.07, 6.45) is 0. The van der Waals surface area contributed by atoms with E-state index in [1.165, 1.54) is 0 Å². The Hall–Kier alpha value is -2.00. The van der Waals surface area contributed by atoms with Crippen molar-refractivity contribution in [2.45, 2.75) is 13.0 Å². The fourth-order valence-electron chi connectivity index (χ4n) is 2.09. The van der Waals surface area contributed by atoms with Crippen LogP contribution in [0.1, 0.15) is 17.2 Å². The molecule has 0 saturated carbocycles. The lowest BCUT2D eigenvalue weighted by Gasteiger charge is -2.19. The van der Waals surface area contributed by atoms with Crippen molar-refractivity contribution >= 4 is 5.69 Å². The van der Waals surface area contributed by atoms with Gasteiger partial charge in [-0.2, -0.15) is 0 Å². The van der Waals surface area contributed by atoms with Crippen molar-refractivity contribution < 1.29 is 9.84 Å². The summed E-state index contributed by atoms with van der Waals surface area (Å²) >= 11 is 0. The smallest absolute Gasteiger partial charge is 0.121 e. The molecule has 0 aliphatic carbocycles. The molecule has 0 saturated heterocycles. The van der Waals surface area contributed by atoms with Crippen LogP contribution in [0.2, 0.25) is 0 Å². The summed E-state index contributed by atoms with van der Waals surface area (Å²) in [5, 5.41) is 12.9. The highest BCUT2D eigenvalue weighted by Gasteiger charge is 2.11. The summed E-state index contributed by atoms with van der Waals surface area (Å²) in [4.78, 5) is 0. The molecule has 1 unspecified atom stereocenters. The minimum absolute atomic E-state index is 0.0423. The molecule has 0 aromatic heterocycles. The number of aryl methyl sites for hydroxylation is 1. The molecule has 19 heavy (non-hydrogen) atoms. The molecule has 2 aromatic carbocycles. The number of hydrogen-bond donors (Lipinski definition) is 2. The predicted molar refractivity (Wildman–Crippen MR) is 77.6 cm³/mol. The van der Waals surface area contributed by atoms with Gasteiger partial charge in [-0.05, 0) is 36.2 Å². The van der Waals surface area contributed by atoms with Crippen molar-refractivity contribution in [1.29, 1.82) is 0 Å². The monoisotopic (exact) mass is 257 g/mol. The van der Waals surface area contributed by atoms with Gasteiger partial charge in [0.25, 0.3) is 0 Å². The van der Waals surface area contributed by atoms with Crippen molar-refractivity contribution in [3.05, 3.63) is 59.7 Å². The fourth-order valence-corrected chi connectivity index (χ4v) is 2.09. The van der Waals surface area contributed by atoms with Gasteiger partial charge in [-0.15, -0.1) is 0 Å². The molecule has 0 fully saturated rings. The number of aliphatic hydroxyl groups excluding tert-OH is 1. The van der Waals surface area contributed by atoms with E-state index in [1.54, 1.807) is 7.11 Å². The maximum absolute atomic E-state index is 9.56. The molecule has 2 N–H and O–H groups in total. The Morgan fingerprint density at radius 1 is 1.16 bits per heavy atom. The van der Waals surface area contributed by atoms with E-state index in [1.807, 2.05) is 55.5 Å². The highest BCUT2D eigenvalue weighted by Crippen LogP contribution is 2.24. The van der Waals surface area contributed by atoms with Crippen LogP contribution in [0, 0.1) is 6.92 Å². The molecule has 100 valence electrons. The number of methoxy groups -OCH3 is 1. The molecule has 2 rings (SSSR count). The van der Waals surface area contributed by atoms with Gasteiger partial charge in [-0.25, -0.2) is 0 Å². The van der Waals surface area contributed by atoms with E-state index in [-0.39, 0.29) is 12.6 Å². The average molecular weight is 257 g/mol. The largest absolute Gasteiger partial charge is 0.496 e. The van der Waals surface area contributed by atoms with E-state index in [0.717, 1.165) is 22.6 Å². The number of benzene rings is 2. The van der Waals surface area contributed by atoms with E-state index in [2.05, 4.69) is 5.32 Å². The predicted octanol–water partition coefficient (Wildman–Crippen LogP) is 3.15. The van der Waals surface area contributed by atoms with Crippen LogP contribution in [0.25, 0.3) is 0 Å². The second-order valence-electron chi connectivity index (χ2n) is 4.47. The van der Waals surface area contributed by atoms with Crippen LogP contribution in [0.3, 0.4) is 0 Å². The molecular weight excluding hydrogens is 238 g/mol. The second kappa shape index (κ2) is 6.25. The van der Waals surface area contributed by atoms with Crippen LogP contribution in [0.4, 0.5) is 5.69 Å². The first-order valence-corrected chi connectivity index (χ1v) is 6.31. The lowest BCUT2D eigenvalue weighted by atomic mass is 10.0. The van der Waals surface area contributed by atoms with Crippen LogP contribution < -0.4 is 10.1 Å². The molecule has 0 aliphatic heterocycles. The Morgan fingerprint density at radius 2 is 1.89 bits per heavy atom. The lowest BCUT2D eigenvalue weighted by molar-refractivity contribution is 0.276. The molecule has 3 nitrogen and oxygen atoms in total. The first kappa shape index (κ1) is 13.4. The van der Waals surface area contributed by atoms with Crippen LogP contribution in [-0.2, 0) is 0 Å². The quantitative estimate of drug-likeness (QED) is 0.864. The summed E-state index contributed by atoms with van der Waals surface area (Å²) in [5.41, 5.74) is 3.10. The summed E-state index contributed by atoms with van der Waals surface area (Å²) in [6.45, 7) is 2.04. The van der Waals surface area contributed by atoms with E-state index < -0.39 is 0 Å². The Labute approximate surface area is 113 Å². The Bertz CT molecular complexity index is 526. The number of para-hydroxylation sites is 1. The highest BCUT2D eigenvalue weighted by atomic mass is 16.5. The minimum Gasteiger partial charge on any atom is -0.496 e. The summed E-state index contributed by atoms with van der Waals surface area (Å²) in [5.74, 6) is 0.861. The minimum atomic E-state index is -0.119. The third kappa shape index (κ3) is 3.26. The maximum atomic E-state index is 9.56. The molecule has 0 radical (unpaired) electrons. The molecule has 0 heterocycles. The standard InChI is InChI=1S/C16H19NO2/c1-12-10-13(8-9-16(12)19-2)15(11-18)17-14-6-4-3-5-7-14/h3-10,15,17-18H,11H2,1-2H3. The lowest BCUT2D eigenvalue weighted by Crippen LogP contribution is -2.15. The van der Waals surface area contributed by atoms with E-state index in [4.69, 9.17) is 4.74 Å². The van der Waals surface area contributed by atoms with E-state index in [0.29, 0.717) is 0 Å². The number of anilines is 1. The fraction of sp³-hybridized carbons (Fsp3) is 0.250. The number of rotatable bonds is 5. The molecule has 1 atom stereocenters. The van der Waals surface area contributed by atoms with Crippen LogP contribution >= 0.6 is 0 Å². The SMILES string of the molecule is COc1ccc(C(CO)Nc2ccccc2)cc1C. The topological polar surface area (TPSA) is 41.5 Å². The molecule has 0 aliphatic rings. The Morgan fingerprint density at radius 3 is 2.47 bits per heavy atom. The van der Waals surface area contributed by atoms with Crippen LogP contribution in [0.5, 0.6) is 5.75 Å². The van der Waals surface area contributed by atoms with Crippen molar-refractivity contribution in [3.63, 3.8) is 0 Å². The summed E-state index contributed by atoms with van der Waals surface area (Å²) in [6, 6.07) is 15.7. The molecule has 0 bridgehead atoms. The molecular formula is C16H19NO2. The zero-order valence-electron chi connectivity index (χ0n) is 11.3. The van der Waals surface area contributed by atoms with Gasteiger partial charge in [0.05, 0.1) is 19.8 Å². The van der Waals surface area contributed by atoms with Gasteiger partial charge >= 0.3 is 0 Å². The van der Waals surface area contributed by atoms with Gasteiger partial charge in [0.15, 0.2) is 0 Å². The zero-order valence-corrected chi connectivity index (χ0v) is 11.3. The molecule has 3 heteroatoms. The third-order valence-corrected chi connectivity index (χ3v) is 3.12. The van der Waals surface area contributed by atoms with Crippen LogP contribution in [-0.4, -0.2) is 18.8 Å². The van der Waals surface area contributed by atoms with Crippen molar-refractivity contribution in [3.8, 4) is 5.75 Å². The zero-order chi connectivity index (χ0) is 13.7. The number of aliphatic hydroxyl groups is 1. The Balaban J connectivity index is 2.20. The highest BCUT2D eigenvalue weighted by molar-refractivity contribution is 5.46. The van der Waals surface area contributed by atoms with E-state index in [9.17, 15) is 5.11 Å². The van der Waals surface area contributed by atoms with Crippen molar-refractivity contribution in [2.75, 3.05) is 19.0 Å². The second-order valence-corrected chi connectivity index (χ2v) is 4.47. The van der Waals surface area contributed by atoms with Gasteiger partial charge < -0.3 is 15.2 Å². The van der Waals surface area contributed by atoms with Crippen molar-refractivity contribution in [2.24, 2.45) is 0 Å². The third-order valence-electron chi connectivity index (χ3n) is 3.12. The molecule has 2 aromatic rings. The number of nitrogens with one attached hydrogen (secondary N) is 1. The average Bonchev–Trinajstić information content (AvgIpc) is 2.46. The van der Waals surface area contributed by atoms with Crippen LogP contribution in [0.15, 0.2) is 48.5 Å². The number of ether oxygens (including phenoxy) is 1. The van der Waals surface area contributed by atoms with E-state index >= 15 is 0 Å². The molecule has 0 spiro atoms. The first-order chi connectivity index (χ1) is 9.24.